The third-order valence-electron chi connectivity index (χ3n) is 5.71. The minimum atomic E-state index is 0.633. The molecule has 21 heavy (non-hydrogen) atoms. The maximum absolute atomic E-state index is 2.66. The van der Waals surface area contributed by atoms with Crippen molar-refractivity contribution >= 4 is 22.6 Å². The molecule has 0 spiro atoms. The highest BCUT2D eigenvalue weighted by atomic mass is 15.3. The van der Waals surface area contributed by atoms with E-state index in [0.29, 0.717) is 35.9 Å². The largest absolute Gasteiger partial charge is 0.361 e. The second-order valence-corrected chi connectivity index (χ2v) is 8.14. The van der Waals surface area contributed by atoms with Crippen LogP contribution in [0.15, 0.2) is 0 Å². The molecule has 0 saturated carbocycles. The Hall–Kier alpha value is 0.0748. The van der Waals surface area contributed by atoms with E-state index in [0.717, 1.165) is 22.6 Å². The Balaban J connectivity index is 2.87. The summed E-state index contributed by atoms with van der Waals surface area (Å²) in [6.45, 7) is 21.2. The summed E-state index contributed by atoms with van der Waals surface area (Å²) in [5.41, 5.74) is 0. The fourth-order valence-corrected chi connectivity index (χ4v) is 2.87. The summed E-state index contributed by atoms with van der Waals surface area (Å²) in [5.74, 6) is 2.11. The molecule has 0 aromatic rings. The first-order valence-corrected chi connectivity index (χ1v) is 8.87. The molecule has 0 aromatic heterocycles. The first kappa shape index (κ1) is 19.1. The highest BCUT2D eigenvalue weighted by Crippen LogP contribution is 2.20. The van der Waals surface area contributed by atoms with E-state index in [1.165, 1.54) is 0 Å². The molecule has 0 radical (unpaired) electrons. The van der Waals surface area contributed by atoms with Crippen LogP contribution in [0.5, 0.6) is 0 Å². The van der Waals surface area contributed by atoms with Crippen LogP contribution < -0.4 is 0 Å². The minimum Gasteiger partial charge on any atom is -0.361 e. The smallest absolute Gasteiger partial charge is 0.271 e. The first-order chi connectivity index (χ1) is 9.65. The van der Waals surface area contributed by atoms with Gasteiger partial charge in [-0.2, -0.15) is 0 Å². The van der Waals surface area contributed by atoms with Crippen molar-refractivity contribution in [1.29, 1.82) is 0 Å². The highest BCUT2D eigenvalue weighted by molar-refractivity contribution is 6.65. The SMILES string of the molecule is CC(C)C(C)N1BN(C(C)C(C)C)BN(C(C)C(C)C)B1. The van der Waals surface area contributed by atoms with E-state index in [4.69, 9.17) is 0 Å². The lowest BCUT2D eigenvalue weighted by Crippen LogP contribution is -2.68. The topological polar surface area (TPSA) is 9.72 Å². The van der Waals surface area contributed by atoms with Gasteiger partial charge in [-0.15, -0.1) is 0 Å². The molecule has 1 aliphatic rings. The Morgan fingerprint density at radius 3 is 0.762 bits per heavy atom. The highest BCUT2D eigenvalue weighted by Gasteiger charge is 2.36. The molecule has 0 N–H and O–H groups in total. The second-order valence-electron chi connectivity index (χ2n) is 8.14. The third kappa shape index (κ3) is 5.04. The average molecular weight is 291 g/mol. The van der Waals surface area contributed by atoms with Crippen molar-refractivity contribution in [3.8, 4) is 0 Å². The molecule has 120 valence electrons. The van der Waals surface area contributed by atoms with E-state index in [-0.39, 0.29) is 0 Å². The van der Waals surface area contributed by atoms with E-state index >= 15 is 0 Å². The van der Waals surface area contributed by atoms with Crippen LogP contribution in [0.25, 0.3) is 0 Å². The fraction of sp³-hybridized carbons (Fsp3) is 1.00. The molecule has 0 aromatic carbocycles. The Kier molecular flexibility index (Phi) is 7.35. The lowest BCUT2D eigenvalue weighted by molar-refractivity contribution is 0.280. The van der Waals surface area contributed by atoms with Crippen LogP contribution >= 0.6 is 0 Å². The summed E-state index contributed by atoms with van der Waals surface area (Å²) in [4.78, 5) is 0. The number of nitrogens with zero attached hydrogens (tertiary/aromatic N) is 3. The van der Waals surface area contributed by atoms with Crippen molar-refractivity contribution in [1.82, 2.24) is 14.2 Å². The molecule has 0 bridgehead atoms. The van der Waals surface area contributed by atoms with Crippen LogP contribution in [-0.4, -0.2) is 54.9 Å². The van der Waals surface area contributed by atoms with E-state index in [1.54, 1.807) is 0 Å². The van der Waals surface area contributed by atoms with E-state index in [2.05, 4.69) is 76.5 Å². The van der Waals surface area contributed by atoms with Gasteiger partial charge in [-0.25, -0.2) is 0 Å². The monoisotopic (exact) mass is 291 g/mol. The van der Waals surface area contributed by atoms with Gasteiger partial charge in [-0.3, -0.25) is 0 Å². The summed E-state index contributed by atoms with van der Waals surface area (Å²) >= 11 is 0. The molecular weight excluding hydrogens is 255 g/mol. The van der Waals surface area contributed by atoms with Crippen molar-refractivity contribution in [3.05, 3.63) is 0 Å². The van der Waals surface area contributed by atoms with Gasteiger partial charge in [0, 0.05) is 0 Å². The second kappa shape index (κ2) is 8.08. The summed E-state index contributed by atoms with van der Waals surface area (Å²) in [6.07, 6.45) is 0. The van der Waals surface area contributed by atoms with Crippen LogP contribution in [-0.2, 0) is 0 Å². The maximum atomic E-state index is 2.66. The van der Waals surface area contributed by atoms with Gasteiger partial charge < -0.3 is 14.2 Å². The molecule has 0 aliphatic carbocycles. The molecule has 0 amide bonds. The van der Waals surface area contributed by atoms with Gasteiger partial charge in [0.25, 0.3) is 22.6 Å². The van der Waals surface area contributed by atoms with Crippen molar-refractivity contribution in [3.63, 3.8) is 0 Å². The summed E-state index contributed by atoms with van der Waals surface area (Å²) in [7, 11) is 3.33. The summed E-state index contributed by atoms with van der Waals surface area (Å²) in [5, 5.41) is 0. The van der Waals surface area contributed by atoms with Gasteiger partial charge in [0.2, 0.25) is 0 Å². The number of hydrogen-bond donors (Lipinski definition) is 0. The lowest BCUT2D eigenvalue weighted by atomic mass is 9.68. The van der Waals surface area contributed by atoms with Gasteiger partial charge in [-0.1, -0.05) is 62.3 Å². The standard InChI is InChI=1S/C15H36B3N3/c1-10(2)13(7)19-16-20(14(8)11(3)4)18-21(17-19)15(9)12(5)6/h10-18H,1-9H3. The van der Waals surface area contributed by atoms with Gasteiger partial charge in [0.05, 0.1) is 0 Å². The average Bonchev–Trinajstić information content (AvgIpc) is 2.43. The van der Waals surface area contributed by atoms with Crippen LogP contribution in [0.4, 0.5) is 0 Å². The van der Waals surface area contributed by atoms with E-state index < -0.39 is 0 Å². The zero-order valence-electron chi connectivity index (χ0n) is 15.9. The molecule has 1 saturated heterocycles. The molecule has 3 atom stereocenters. The number of hydrogen-bond acceptors (Lipinski definition) is 3. The molecule has 1 rings (SSSR count). The van der Waals surface area contributed by atoms with Crippen LogP contribution in [0.2, 0.25) is 0 Å². The Labute approximate surface area is 135 Å². The maximum Gasteiger partial charge on any atom is 0.271 e. The molecule has 6 heteroatoms. The van der Waals surface area contributed by atoms with Crippen LogP contribution in [0, 0.1) is 17.8 Å². The predicted molar refractivity (Wildman–Crippen MR) is 99.9 cm³/mol. The van der Waals surface area contributed by atoms with Gasteiger partial charge in [0.1, 0.15) is 0 Å². The quantitative estimate of drug-likeness (QED) is 0.691. The number of rotatable bonds is 6. The zero-order chi connectivity index (χ0) is 16.3. The normalized spacial score (nSPS) is 22.9. The molecule has 1 fully saturated rings. The Morgan fingerprint density at radius 2 is 0.619 bits per heavy atom. The zero-order valence-corrected chi connectivity index (χ0v) is 15.9. The fourth-order valence-electron chi connectivity index (χ4n) is 2.87. The van der Waals surface area contributed by atoms with Crippen LogP contribution in [0.1, 0.15) is 62.3 Å². The first-order valence-electron chi connectivity index (χ1n) is 8.87. The molecule has 3 nitrogen and oxygen atoms in total. The Bertz CT molecular complexity index is 259. The van der Waals surface area contributed by atoms with Crippen molar-refractivity contribution < 1.29 is 0 Å². The van der Waals surface area contributed by atoms with E-state index in [9.17, 15) is 0 Å². The van der Waals surface area contributed by atoms with Crippen molar-refractivity contribution in [2.24, 2.45) is 17.8 Å². The molecule has 3 unspecified atom stereocenters. The van der Waals surface area contributed by atoms with Gasteiger partial charge in [-0.05, 0) is 35.9 Å². The summed E-state index contributed by atoms with van der Waals surface area (Å²) < 4.78 is 7.98. The lowest BCUT2D eigenvalue weighted by Gasteiger charge is -2.49. The van der Waals surface area contributed by atoms with Crippen molar-refractivity contribution in [2.75, 3.05) is 0 Å². The predicted octanol–water partition coefficient (Wildman–Crippen LogP) is 1.84. The third-order valence-corrected chi connectivity index (χ3v) is 5.71. The molecular formula is C15H36B3N3. The summed E-state index contributed by atoms with van der Waals surface area (Å²) in [6, 6.07) is 1.90. The van der Waals surface area contributed by atoms with Gasteiger partial charge in [0.15, 0.2) is 0 Å². The Morgan fingerprint density at radius 1 is 0.429 bits per heavy atom. The minimum absolute atomic E-state index is 0.633. The van der Waals surface area contributed by atoms with Crippen LogP contribution in [0.3, 0.4) is 0 Å². The van der Waals surface area contributed by atoms with Gasteiger partial charge >= 0.3 is 0 Å². The van der Waals surface area contributed by atoms with E-state index in [1.807, 2.05) is 0 Å². The molecule has 1 aliphatic heterocycles. The molecule has 1 heterocycles. The van der Waals surface area contributed by atoms with Crippen molar-refractivity contribution in [2.45, 2.75) is 80.4 Å².